The molecule has 7 nitrogen and oxygen atoms in total. The summed E-state index contributed by atoms with van der Waals surface area (Å²) in [7, 11) is 1.64. The number of carbonyl (C=O) groups excluding carboxylic acids is 1. The van der Waals surface area contributed by atoms with Crippen molar-refractivity contribution in [3.63, 3.8) is 0 Å². The van der Waals surface area contributed by atoms with E-state index in [-0.39, 0.29) is 11.4 Å². The van der Waals surface area contributed by atoms with Crippen LogP contribution in [0.2, 0.25) is 0 Å². The van der Waals surface area contributed by atoms with Gasteiger partial charge in [-0.1, -0.05) is 6.07 Å². The van der Waals surface area contributed by atoms with Crippen molar-refractivity contribution in [2.45, 2.75) is 13.8 Å². The van der Waals surface area contributed by atoms with Crippen LogP contribution in [0.5, 0.6) is 0 Å². The first-order valence-corrected chi connectivity index (χ1v) is 6.86. The van der Waals surface area contributed by atoms with Gasteiger partial charge in [0.2, 0.25) is 0 Å². The van der Waals surface area contributed by atoms with Gasteiger partial charge in [-0.25, -0.2) is 0 Å². The first-order chi connectivity index (χ1) is 9.81. The summed E-state index contributed by atoms with van der Waals surface area (Å²) in [4.78, 5) is 22.8. The van der Waals surface area contributed by atoms with Crippen LogP contribution in [0.1, 0.15) is 21.7 Å². The van der Waals surface area contributed by atoms with Gasteiger partial charge in [-0.15, -0.1) is 0 Å². The minimum absolute atomic E-state index is 0.140. The molecule has 0 radical (unpaired) electrons. The lowest BCUT2D eigenvalue weighted by atomic mass is 10.2. The van der Waals surface area contributed by atoms with E-state index in [0.29, 0.717) is 15.9 Å². The maximum atomic E-state index is 12.3. The molecule has 1 aromatic carbocycles. The van der Waals surface area contributed by atoms with Crippen LogP contribution in [0.25, 0.3) is 0 Å². The van der Waals surface area contributed by atoms with Crippen LogP contribution >= 0.6 is 15.9 Å². The molecule has 21 heavy (non-hydrogen) atoms. The molecule has 0 aliphatic rings. The molecule has 0 saturated carbocycles. The van der Waals surface area contributed by atoms with E-state index >= 15 is 0 Å². The summed E-state index contributed by atoms with van der Waals surface area (Å²) >= 11 is 3.30. The van der Waals surface area contributed by atoms with Gasteiger partial charge in [-0.3, -0.25) is 19.6 Å². The largest absolute Gasteiger partial charge is 0.315 e. The van der Waals surface area contributed by atoms with Gasteiger partial charge in [0, 0.05) is 13.1 Å². The van der Waals surface area contributed by atoms with E-state index in [1.54, 1.807) is 27.0 Å². The van der Waals surface area contributed by atoms with Crippen molar-refractivity contribution in [2.24, 2.45) is 7.05 Å². The molecule has 0 atom stereocenters. The summed E-state index contributed by atoms with van der Waals surface area (Å²) in [5.74, 6) is -0.461. The quantitative estimate of drug-likeness (QED) is 0.679. The van der Waals surface area contributed by atoms with Gasteiger partial charge >= 0.3 is 0 Å². The van der Waals surface area contributed by atoms with E-state index < -0.39 is 10.8 Å². The Bertz CT molecular complexity index is 739. The zero-order chi connectivity index (χ0) is 15.7. The molecule has 0 fully saturated rings. The monoisotopic (exact) mass is 352 g/mol. The Morgan fingerprint density at radius 2 is 2.10 bits per heavy atom. The average molecular weight is 353 g/mol. The summed E-state index contributed by atoms with van der Waals surface area (Å²) in [6.07, 6.45) is 0. The van der Waals surface area contributed by atoms with E-state index in [0.717, 1.165) is 5.56 Å². The van der Waals surface area contributed by atoms with Crippen molar-refractivity contribution < 1.29 is 9.72 Å². The number of nitrogens with one attached hydrogen (secondary N) is 1. The van der Waals surface area contributed by atoms with Crippen LogP contribution in [0.3, 0.4) is 0 Å². The number of nitro groups is 1. The van der Waals surface area contributed by atoms with Crippen molar-refractivity contribution in [1.29, 1.82) is 0 Å². The minimum atomic E-state index is -0.522. The normalized spacial score (nSPS) is 10.5. The molecule has 110 valence electrons. The maximum absolute atomic E-state index is 12.3. The number of benzene rings is 1. The number of hydrogen-bond acceptors (Lipinski definition) is 4. The van der Waals surface area contributed by atoms with Crippen LogP contribution in [0, 0.1) is 24.0 Å². The fraction of sp³-hybridized carbons (Fsp3) is 0.231. The number of nitrogens with zero attached hydrogens (tertiary/aromatic N) is 3. The van der Waals surface area contributed by atoms with Crippen LogP contribution in [-0.2, 0) is 7.05 Å². The third kappa shape index (κ3) is 2.94. The number of rotatable bonds is 3. The van der Waals surface area contributed by atoms with Crippen LogP contribution in [-0.4, -0.2) is 20.6 Å². The Kier molecular flexibility index (Phi) is 4.08. The highest BCUT2D eigenvalue weighted by atomic mass is 79.9. The molecule has 0 bridgehead atoms. The van der Waals surface area contributed by atoms with E-state index in [2.05, 4.69) is 26.3 Å². The molecule has 1 aromatic heterocycles. The van der Waals surface area contributed by atoms with Crippen molar-refractivity contribution in [1.82, 2.24) is 9.78 Å². The number of amides is 1. The number of halogens is 1. The molecular formula is C13H13BrN4O3. The van der Waals surface area contributed by atoms with Gasteiger partial charge in [0.05, 0.1) is 15.1 Å². The van der Waals surface area contributed by atoms with Gasteiger partial charge < -0.3 is 5.32 Å². The third-order valence-corrected chi connectivity index (χ3v) is 3.91. The Balaban J connectivity index is 2.38. The summed E-state index contributed by atoms with van der Waals surface area (Å²) < 4.78 is 1.99. The molecule has 0 unspecified atom stereocenters. The molecular weight excluding hydrogens is 340 g/mol. The van der Waals surface area contributed by atoms with Gasteiger partial charge in [-0.2, -0.15) is 5.10 Å². The van der Waals surface area contributed by atoms with Gasteiger partial charge in [0.1, 0.15) is 11.4 Å². The predicted octanol–water partition coefficient (Wildman–Crippen LogP) is 2.96. The minimum Gasteiger partial charge on any atom is -0.315 e. The van der Waals surface area contributed by atoms with Crippen LogP contribution < -0.4 is 5.32 Å². The van der Waals surface area contributed by atoms with Crippen molar-refractivity contribution >= 4 is 33.2 Å². The van der Waals surface area contributed by atoms with Crippen LogP contribution in [0.15, 0.2) is 22.7 Å². The fourth-order valence-corrected chi connectivity index (χ4v) is 2.47. The maximum Gasteiger partial charge on any atom is 0.293 e. The van der Waals surface area contributed by atoms with Gasteiger partial charge in [0.25, 0.3) is 11.6 Å². The molecule has 2 rings (SSSR count). The number of nitro benzene ring substituents is 1. The summed E-state index contributed by atoms with van der Waals surface area (Å²) in [5.41, 5.74) is 1.74. The van der Waals surface area contributed by atoms with Crippen molar-refractivity contribution in [3.8, 4) is 0 Å². The summed E-state index contributed by atoms with van der Waals surface area (Å²) in [5, 5.41) is 17.7. The number of aromatic nitrogens is 2. The molecule has 8 heteroatoms. The number of carbonyl (C=O) groups is 1. The lowest BCUT2D eigenvalue weighted by molar-refractivity contribution is -0.384. The smallest absolute Gasteiger partial charge is 0.293 e. The SMILES string of the molecule is Cc1ccc(NC(=O)c2c(Br)c(C)nn2C)c([N+](=O)[O-])c1. The fourth-order valence-electron chi connectivity index (χ4n) is 1.96. The Labute approximate surface area is 129 Å². The third-order valence-electron chi connectivity index (χ3n) is 2.96. The molecule has 0 spiro atoms. The van der Waals surface area contributed by atoms with Gasteiger partial charge in [0.15, 0.2) is 0 Å². The topological polar surface area (TPSA) is 90.1 Å². The van der Waals surface area contributed by atoms with E-state index in [4.69, 9.17) is 0 Å². The Morgan fingerprint density at radius 3 is 2.62 bits per heavy atom. The molecule has 2 aromatic rings. The first-order valence-electron chi connectivity index (χ1n) is 6.06. The van der Waals surface area contributed by atoms with Gasteiger partial charge in [-0.05, 0) is 41.4 Å². The zero-order valence-corrected chi connectivity index (χ0v) is 13.3. The second-order valence-electron chi connectivity index (χ2n) is 4.60. The van der Waals surface area contributed by atoms with E-state index in [1.165, 1.54) is 16.8 Å². The predicted molar refractivity (Wildman–Crippen MR) is 81.4 cm³/mol. The number of hydrogen-bond donors (Lipinski definition) is 1. The Hall–Kier alpha value is -2.22. The Morgan fingerprint density at radius 1 is 1.43 bits per heavy atom. The number of aryl methyl sites for hydroxylation is 3. The zero-order valence-electron chi connectivity index (χ0n) is 11.7. The number of anilines is 1. The van der Waals surface area contributed by atoms with Crippen LogP contribution in [0.4, 0.5) is 11.4 Å². The van der Waals surface area contributed by atoms with E-state index in [1.807, 2.05) is 0 Å². The molecule has 1 N–H and O–H groups in total. The first kappa shape index (κ1) is 15.2. The van der Waals surface area contributed by atoms with Crippen molar-refractivity contribution in [2.75, 3.05) is 5.32 Å². The standard InChI is InChI=1S/C13H13BrN4O3/c1-7-4-5-9(10(6-7)18(20)21)15-13(19)12-11(14)8(2)16-17(12)3/h4-6H,1-3H3,(H,15,19). The molecule has 0 saturated heterocycles. The highest BCUT2D eigenvalue weighted by molar-refractivity contribution is 9.10. The second-order valence-corrected chi connectivity index (χ2v) is 5.40. The summed E-state index contributed by atoms with van der Waals surface area (Å²) in [6.45, 7) is 3.51. The lowest BCUT2D eigenvalue weighted by Crippen LogP contribution is -2.17. The van der Waals surface area contributed by atoms with E-state index in [9.17, 15) is 14.9 Å². The highest BCUT2D eigenvalue weighted by Crippen LogP contribution is 2.27. The molecule has 0 aliphatic heterocycles. The lowest BCUT2D eigenvalue weighted by Gasteiger charge is -2.07. The summed E-state index contributed by atoms with van der Waals surface area (Å²) in [6, 6.07) is 4.63. The van der Waals surface area contributed by atoms with Crippen molar-refractivity contribution in [3.05, 3.63) is 49.7 Å². The highest BCUT2D eigenvalue weighted by Gasteiger charge is 2.22. The molecule has 0 aliphatic carbocycles. The molecule has 1 heterocycles. The average Bonchev–Trinajstić information content (AvgIpc) is 2.65. The second kappa shape index (κ2) is 5.65. The molecule has 1 amide bonds.